The number of carbonyl (C=O) groups is 3. The molecule has 0 aliphatic rings. The minimum Gasteiger partial charge on any atom is -0.464 e. The summed E-state index contributed by atoms with van der Waals surface area (Å²) in [5.41, 5.74) is 0. The molecule has 0 heterocycles. The Bertz CT molecular complexity index is 559. The standard InChI is InChI=1S/C34H65NO5/c1-4-7-10-13-16-19-22-25-32(36)35(28-30-39-33(37)26-23-20-17-14-11-8-5-2)29-31-40-34(38)27-24-21-18-15-12-9-6-3/h4-31H2,1-3H3. The highest BCUT2D eigenvalue weighted by atomic mass is 16.5. The molecule has 0 unspecified atom stereocenters. The first-order valence-electron chi connectivity index (χ1n) is 17.1. The number of amides is 1. The zero-order valence-corrected chi connectivity index (χ0v) is 26.8. The van der Waals surface area contributed by atoms with Crippen LogP contribution in [-0.2, 0) is 23.9 Å². The Morgan fingerprint density at radius 2 is 0.725 bits per heavy atom. The first-order valence-corrected chi connectivity index (χ1v) is 17.1. The molecule has 6 nitrogen and oxygen atoms in total. The number of esters is 2. The molecule has 0 bridgehead atoms. The second kappa shape index (κ2) is 30.4. The van der Waals surface area contributed by atoms with Crippen LogP contribution < -0.4 is 0 Å². The van der Waals surface area contributed by atoms with Gasteiger partial charge in [-0.25, -0.2) is 0 Å². The van der Waals surface area contributed by atoms with Gasteiger partial charge in [0.15, 0.2) is 0 Å². The van der Waals surface area contributed by atoms with Crippen LogP contribution in [0.4, 0.5) is 0 Å². The van der Waals surface area contributed by atoms with Gasteiger partial charge in [-0.1, -0.05) is 136 Å². The number of nitrogens with zero attached hydrogens (tertiary/aromatic N) is 1. The zero-order chi connectivity index (χ0) is 29.5. The van der Waals surface area contributed by atoms with Gasteiger partial charge in [-0.05, 0) is 19.3 Å². The van der Waals surface area contributed by atoms with Gasteiger partial charge in [0.1, 0.15) is 13.2 Å². The second-order valence-electron chi connectivity index (χ2n) is 11.4. The van der Waals surface area contributed by atoms with E-state index in [0.717, 1.165) is 38.5 Å². The topological polar surface area (TPSA) is 72.9 Å². The van der Waals surface area contributed by atoms with E-state index in [0.29, 0.717) is 32.4 Å². The van der Waals surface area contributed by atoms with Crippen molar-refractivity contribution >= 4 is 17.8 Å². The van der Waals surface area contributed by atoms with E-state index in [-0.39, 0.29) is 31.1 Å². The van der Waals surface area contributed by atoms with Crippen LogP contribution in [0.5, 0.6) is 0 Å². The second-order valence-corrected chi connectivity index (χ2v) is 11.4. The first kappa shape index (κ1) is 38.4. The van der Waals surface area contributed by atoms with Crippen molar-refractivity contribution in [3.05, 3.63) is 0 Å². The van der Waals surface area contributed by atoms with Crippen molar-refractivity contribution in [3.63, 3.8) is 0 Å². The largest absolute Gasteiger partial charge is 0.464 e. The van der Waals surface area contributed by atoms with E-state index in [1.807, 2.05) is 0 Å². The molecule has 0 aliphatic carbocycles. The van der Waals surface area contributed by atoms with Gasteiger partial charge < -0.3 is 14.4 Å². The van der Waals surface area contributed by atoms with Gasteiger partial charge in [-0.15, -0.1) is 0 Å². The van der Waals surface area contributed by atoms with Crippen molar-refractivity contribution in [1.82, 2.24) is 4.90 Å². The third kappa shape index (κ3) is 26.6. The molecule has 40 heavy (non-hydrogen) atoms. The molecule has 0 aromatic carbocycles. The van der Waals surface area contributed by atoms with Crippen LogP contribution >= 0.6 is 0 Å². The summed E-state index contributed by atoms with van der Waals surface area (Å²) in [4.78, 5) is 38.9. The van der Waals surface area contributed by atoms with Crippen molar-refractivity contribution in [3.8, 4) is 0 Å². The predicted octanol–water partition coefficient (Wildman–Crippen LogP) is 9.32. The number of hydrogen-bond donors (Lipinski definition) is 0. The van der Waals surface area contributed by atoms with Crippen molar-refractivity contribution in [2.75, 3.05) is 26.3 Å². The molecule has 0 N–H and O–H groups in total. The van der Waals surface area contributed by atoms with Gasteiger partial charge in [-0.2, -0.15) is 0 Å². The van der Waals surface area contributed by atoms with Crippen molar-refractivity contribution < 1.29 is 23.9 Å². The predicted molar refractivity (Wildman–Crippen MR) is 166 cm³/mol. The van der Waals surface area contributed by atoms with Crippen molar-refractivity contribution in [2.24, 2.45) is 0 Å². The molecule has 6 heteroatoms. The highest BCUT2D eigenvalue weighted by Crippen LogP contribution is 2.12. The molecule has 236 valence electrons. The monoisotopic (exact) mass is 567 g/mol. The van der Waals surface area contributed by atoms with Crippen molar-refractivity contribution in [2.45, 2.75) is 175 Å². The van der Waals surface area contributed by atoms with Gasteiger partial charge in [-0.3, -0.25) is 14.4 Å². The fourth-order valence-corrected chi connectivity index (χ4v) is 4.89. The molecule has 0 spiro atoms. The summed E-state index contributed by atoms with van der Waals surface area (Å²) in [6.07, 6.45) is 25.8. The maximum Gasteiger partial charge on any atom is 0.305 e. The lowest BCUT2D eigenvalue weighted by Gasteiger charge is -2.22. The zero-order valence-electron chi connectivity index (χ0n) is 26.8. The summed E-state index contributed by atoms with van der Waals surface area (Å²) in [7, 11) is 0. The van der Waals surface area contributed by atoms with E-state index in [1.165, 1.54) is 96.3 Å². The normalized spacial score (nSPS) is 11.0. The molecular weight excluding hydrogens is 502 g/mol. The Morgan fingerprint density at radius 1 is 0.425 bits per heavy atom. The average Bonchev–Trinajstić information content (AvgIpc) is 2.94. The third-order valence-corrected chi connectivity index (χ3v) is 7.56. The number of unbranched alkanes of at least 4 members (excludes halogenated alkanes) is 18. The fourth-order valence-electron chi connectivity index (χ4n) is 4.89. The minimum absolute atomic E-state index is 0.0554. The Morgan fingerprint density at radius 3 is 1.07 bits per heavy atom. The number of carbonyl (C=O) groups excluding carboxylic acids is 3. The highest BCUT2D eigenvalue weighted by Gasteiger charge is 2.15. The summed E-state index contributed by atoms with van der Waals surface area (Å²) in [5.74, 6) is -0.317. The fraction of sp³-hybridized carbons (Fsp3) is 0.912. The van der Waals surface area contributed by atoms with E-state index in [2.05, 4.69) is 20.8 Å². The molecule has 1 amide bonds. The lowest BCUT2D eigenvalue weighted by molar-refractivity contribution is -0.147. The summed E-state index contributed by atoms with van der Waals surface area (Å²) in [5, 5.41) is 0. The molecule has 0 saturated heterocycles. The van der Waals surface area contributed by atoms with Gasteiger partial charge >= 0.3 is 11.9 Å². The van der Waals surface area contributed by atoms with Crippen LogP contribution in [-0.4, -0.2) is 49.0 Å². The third-order valence-electron chi connectivity index (χ3n) is 7.56. The molecule has 0 atom stereocenters. The van der Waals surface area contributed by atoms with Gasteiger partial charge in [0.25, 0.3) is 0 Å². The van der Waals surface area contributed by atoms with E-state index in [1.54, 1.807) is 4.90 Å². The van der Waals surface area contributed by atoms with Crippen LogP contribution in [0.3, 0.4) is 0 Å². The van der Waals surface area contributed by atoms with Gasteiger partial charge in [0.05, 0.1) is 13.1 Å². The molecule has 0 radical (unpaired) electrons. The van der Waals surface area contributed by atoms with E-state index in [9.17, 15) is 14.4 Å². The van der Waals surface area contributed by atoms with Crippen molar-refractivity contribution in [1.29, 1.82) is 0 Å². The SMILES string of the molecule is CCCCCCCCCC(=O)OCCN(CCOC(=O)CCCCCCCCC)C(=O)CCCCCCCCC. The Kier molecular flexibility index (Phi) is 29.2. The summed E-state index contributed by atoms with van der Waals surface area (Å²) >= 11 is 0. The molecular formula is C34H65NO5. The first-order chi connectivity index (χ1) is 19.5. The summed E-state index contributed by atoms with van der Waals surface area (Å²) in [6, 6.07) is 0. The molecule has 0 fully saturated rings. The molecule has 0 saturated carbocycles. The molecule has 0 aromatic rings. The minimum atomic E-state index is -0.186. The number of rotatable bonds is 30. The number of ether oxygens (including phenoxy) is 2. The maximum absolute atomic E-state index is 12.9. The Balaban J connectivity index is 4.32. The highest BCUT2D eigenvalue weighted by molar-refractivity contribution is 5.76. The van der Waals surface area contributed by atoms with Gasteiger partial charge in [0.2, 0.25) is 5.91 Å². The van der Waals surface area contributed by atoms with Crippen LogP contribution in [0.2, 0.25) is 0 Å². The molecule has 0 rings (SSSR count). The average molecular weight is 568 g/mol. The quantitative estimate of drug-likeness (QED) is 0.0638. The van der Waals surface area contributed by atoms with Crippen LogP contribution in [0.1, 0.15) is 175 Å². The van der Waals surface area contributed by atoms with E-state index < -0.39 is 0 Å². The van der Waals surface area contributed by atoms with Crippen LogP contribution in [0, 0.1) is 0 Å². The maximum atomic E-state index is 12.9. The van der Waals surface area contributed by atoms with E-state index in [4.69, 9.17) is 9.47 Å². The molecule has 0 aromatic heterocycles. The van der Waals surface area contributed by atoms with Crippen LogP contribution in [0.15, 0.2) is 0 Å². The Hall–Kier alpha value is -1.59. The van der Waals surface area contributed by atoms with Gasteiger partial charge in [0, 0.05) is 19.3 Å². The number of hydrogen-bond acceptors (Lipinski definition) is 5. The smallest absolute Gasteiger partial charge is 0.305 e. The molecule has 0 aliphatic heterocycles. The lowest BCUT2D eigenvalue weighted by atomic mass is 10.1. The Labute approximate surface area is 247 Å². The van der Waals surface area contributed by atoms with E-state index >= 15 is 0 Å². The summed E-state index contributed by atoms with van der Waals surface area (Å²) in [6.45, 7) is 7.75. The summed E-state index contributed by atoms with van der Waals surface area (Å²) < 4.78 is 10.9. The lowest BCUT2D eigenvalue weighted by Crippen LogP contribution is -2.37. The van der Waals surface area contributed by atoms with Crippen LogP contribution in [0.25, 0.3) is 0 Å².